The van der Waals surface area contributed by atoms with Crippen LogP contribution in [-0.2, 0) is 13.2 Å². The monoisotopic (exact) mass is 296 g/mol. The van der Waals surface area contributed by atoms with Crippen LogP contribution in [0.2, 0.25) is 5.02 Å². The molecule has 2 aromatic rings. The Hall–Kier alpha value is -1.78. The molecule has 0 aromatic heterocycles. The zero-order chi connectivity index (χ0) is 14.5. The summed E-state index contributed by atoms with van der Waals surface area (Å²) in [7, 11) is 1.41. The van der Waals surface area contributed by atoms with Crippen molar-refractivity contribution in [2.75, 3.05) is 7.11 Å². The predicted octanol–water partition coefficient (Wildman–Crippen LogP) is 3.56. The average molecular weight is 297 g/mol. The zero-order valence-electron chi connectivity index (χ0n) is 10.9. The van der Waals surface area contributed by atoms with Crippen LogP contribution in [0.4, 0.5) is 4.39 Å². The molecule has 0 aliphatic carbocycles. The number of aliphatic hydroxyl groups is 1. The molecule has 1 N–H and O–H groups in total. The molecule has 2 rings (SSSR count). The molecule has 0 saturated heterocycles. The van der Waals surface area contributed by atoms with Crippen molar-refractivity contribution in [1.82, 2.24) is 0 Å². The Morgan fingerprint density at radius 3 is 2.55 bits per heavy atom. The van der Waals surface area contributed by atoms with E-state index < -0.39 is 5.82 Å². The van der Waals surface area contributed by atoms with E-state index in [9.17, 15) is 9.50 Å². The quantitative estimate of drug-likeness (QED) is 0.917. The summed E-state index contributed by atoms with van der Waals surface area (Å²) in [4.78, 5) is 0. The number of hydrogen-bond donors (Lipinski definition) is 1. The highest BCUT2D eigenvalue weighted by molar-refractivity contribution is 6.31. The summed E-state index contributed by atoms with van der Waals surface area (Å²) in [5, 5.41) is 9.69. The first-order chi connectivity index (χ1) is 9.67. The second kappa shape index (κ2) is 6.59. The molecule has 0 atom stereocenters. The fourth-order valence-corrected chi connectivity index (χ4v) is 2.03. The van der Waals surface area contributed by atoms with Crippen LogP contribution in [0.3, 0.4) is 0 Å². The van der Waals surface area contributed by atoms with Crippen molar-refractivity contribution in [3.05, 3.63) is 58.4 Å². The summed E-state index contributed by atoms with van der Waals surface area (Å²) in [6, 6.07) is 9.88. The highest BCUT2D eigenvalue weighted by atomic mass is 35.5. The molecule has 5 heteroatoms. The van der Waals surface area contributed by atoms with Crippen molar-refractivity contribution in [1.29, 1.82) is 0 Å². The van der Waals surface area contributed by atoms with Gasteiger partial charge in [0, 0.05) is 16.1 Å². The predicted molar refractivity (Wildman–Crippen MR) is 74.7 cm³/mol. The van der Waals surface area contributed by atoms with Gasteiger partial charge in [0.1, 0.15) is 12.4 Å². The second-order valence-electron chi connectivity index (χ2n) is 4.10. The molecule has 106 valence electrons. The van der Waals surface area contributed by atoms with Crippen LogP contribution in [0.1, 0.15) is 11.1 Å². The van der Waals surface area contributed by atoms with Crippen molar-refractivity contribution in [2.45, 2.75) is 13.2 Å². The molecule has 2 aromatic carbocycles. The van der Waals surface area contributed by atoms with Crippen molar-refractivity contribution >= 4 is 11.6 Å². The van der Waals surface area contributed by atoms with Crippen molar-refractivity contribution in [3.8, 4) is 11.5 Å². The van der Waals surface area contributed by atoms with Gasteiger partial charge in [-0.2, -0.15) is 0 Å². The molecule has 0 aliphatic rings. The molecule has 0 unspecified atom stereocenters. The number of rotatable bonds is 5. The summed E-state index contributed by atoms with van der Waals surface area (Å²) in [5.41, 5.74) is 0.852. The largest absolute Gasteiger partial charge is 0.494 e. The second-order valence-corrected chi connectivity index (χ2v) is 4.50. The maximum atomic E-state index is 14.0. The lowest BCUT2D eigenvalue weighted by atomic mass is 10.2. The number of aliphatic hydroxyl groups excluding tert-OH is 1. The maximum Gasteiger partial charge on any atom is 0.171 e. The standard InChI is InChI=1S/C15H14ClFO3/c1-19-14-7-2-4-10(15(14)17)9-20-13-6-3-5-12(16)11(13)8-18/h2-7,18H,8-9H2,1H3. The highest BCUT2D eigenvalue weighted by Gasteiger charge is 2.11. The Balaban J connectivity index is 2.19. The third kappa shape index (κ3) is 3.03. The Bertz CT molecular complexity index is 602. The van der Waals surface area contributed by atoms with Gasteiger partial charge in [-0.1, -0.05) is 29.8 Å². The minimum Gasteiger partial charge on any atom is -0.494 e. The van der Waals surface area contributed by atoms with E-state index >= 15 is 0 Å². The van der Waals surface area contributed by atoms with E-state index in [1.54, 1.807) is 30.3 Å². The van der Waals surface area contributed by atoms with Crippen LogP contribution < -0.4 is 9.47 Å². The Morgan fingerprint density at radius 2 is 1.85 bits per heavy atom. The summed E-state index contributed by atoms with van der Waals surface area (Å²) < 4.78 is 24.4. The molecule has 0 spiro atoms. The fourth-order valence-electron chi connectivity index (χ4n) is 1.81. The molecule has 0 radical (unpaired) electrons. The van der Waals surface area contributed by atoms with Crippen LogP contribution in [0, 0.1) is 5.82 Å². The number of benzene rings is 2. The summed E-state index contributed by atoms with van der Waals surface area (Å²) in [6.45, 7) is -0.216. The van der Waals surface area contributed by atoms with E-state index in [4.69, 9.17) is 21.1 Å². The van der Waals surface area contributed by atoms with Gasteiger partial charge in [0.25, 0.3) is 0 Å². The van der Waals surface area contributed by atoms with E-state index in [2.05, 4.69) is 0 Å². The molecule has 0 fully saturated rings. The number of halogens is 2. The normalized spacial score (nSPS) is 10.4. The van der Waals surface area contributed by atoms with Gasteiger partial charge in [0.15, 0.2) is 11.6 Å². The zero-order valence-corrected chi connectivity index (χ0v) is 11.7. The SMILES string of the molecule is COc1cccc(COc2cccc(Cl)c2CO)c1F. The molecular formula is C15H14ClFO3. The van der Waals surface area contributed by atoms with Gasteiger partial charge in [-0.15, -0.1) is 0 Å². The third-order valence-electron chi connectivity index (χ3n) is 2.88. The average Bonchev–Trinajstić information content (AvgIpc) is 2.46. The highest BCUT2D eigenvalue weighted by Crippen LogP contribution is 2.28. The topological polar surface area (TPSA) is 38.7 Å². The van der Waals surface area contributed by atoms with Crippen molar-refractivity contribution in [2.24, 2.45) is 0 Å². The first-order valence-corrected chi connectivity index (χ1v) is 6.37. The molecule has 0 saturated carbocycles. The third-order valence-corrected chi connectivity index (χ3v) is 3.23. The summed E-state index contributed by atoms with van der Waals surface area (Å²) in [6.07, 6.45) is 0. The van der Waals surface area contributed by atoms with E-state index in [0.29, 0.717) is 21.9 Å². The molecule has 3 nitrogen and oxygen atoms in total. The number of ether oxygens (including phenoxy) is 2. The number of methoxy groups -OCH3 is 1. The van der Waals surface area contributed by atoms with E-state index in [1.807, 2.05) is 0 Å². The Labute approximate surface area is 121 Å². The van der Waals surface area contributed by atoms with Crippen LogP contribution in [-0.4, -0.2) is 12.2 Å². The first kappa shape index (κ1) is 14.6. The van der Waals surface area contributed by atoms with Crippen LogP contribution in [0.25, 0.3) is 0 Å². The van der Waals surface area contributed by atoms with Crippen LogP contribution >= 0.6 is 11.6 Å². The van der Waals surface area contributed by atoms with E-state index in [0.717, 1.165) is 0 Å². The Morgan fingerprint density at radius 1 is 1.15 bits per heavy atom. The summed E-state index contributed by atoms with van der Waals surface area (Å²) >= 11 is 5.96. The van der Waals surface area contributed by atoms with Crippen molar-refractivity contribution < 1.29 is 19.0 Å². The van der Waals surface area contributed by atoms with Crippen molar-refractivity contribution in [3.63, 3.8) is 0 Å². The lowest BCUT2D eigenvalue weighted by Crippen LogP contribution is -2.02. The van der Waals surface area contributed by atoms with Gasteiger partial charge in [0.05, 0.1) is 13.7 Å². The van der Waals surface area contributed by atoms with Gasteiger partial charge < -0.3 is 14.6 Å². The first-order valence-electron chi connectivity index (χ1n) is 5.99. The minimum atomic E-state index is -0.456. The van der Waals surface area contributed by atoms with Crippen LogP contribution in [0.15, 0.2) is 36.4 Å². The smallest absolute Gasteiger partial charge is 0.171 e. The molecule has 0 amide bonds. The van der Waals surface area contributed by atoms with Gasteiger partial charge in [-0.3, -0.25) is 0 Å². The molecule has 0 heterocycles. The lowest BCUT2D eigenvalue weighted by molar-refractivity contribution is 0.256. The fraction of sp³-hybridized carbons (Fsp3) is 0.200. The molecule has 0 aliphatic heterocycles. The minimum absolute atomic E-state index is 0.0242. The Kier molecular flexibility index (Phi) is 4.82. The van der Waals surface area contributed by atoms with E-state index in [1.165, 1.54) is 13.2 Å². The van der Waals surface area contributed by atoms with E-state index in [-0.39, 0.29) is 19.0 Å². The van der Waals surface area contributed by atoms with Gasteiger partial charge in [0.2, 0.25) is 0 Å². The lowest BCUT2D eigenvalue weighted by Gasteiger charge is -2.12. The molecular weight excluding hydrogens is 283 g/mol. The molecule has 0 bridgehead atoms. The maximum absolute atomic E-state index is 14.0. The number of hydrogen-bond acceptors (Lipinski definition) is 3. The van der Waals surface area contributed by atoms with Gasteiger partial charge in [-0.25, -0.2) is 4.39 Å². The van der Waals surface area contributed by atoms with Crippen LogP contribution in [0.5, 0.6) is 11.5 Å². The summed E-state index contributed by atoms with van der Waals surface area (Å²) in [5.74, 6) is 0.143. The molecule has 20 heavy (non-hydrogen) atoms. The van der Waals surface area contributed by atoms with Gasteiger partial charge in [-0.05, 0) is 18.2 Å². The van der Waals surface area contributed by atoms with Gasteiger partial charge >= 0.3 is 0 Å².